The number of carbonyl (C=O) groups is 3. The third-order valence-corrected chi connectivity index (χ3v) is 6.79. The van der Waals surface area contributed by atoms with Crippen molar-refractivity contribution in [1.82, 2.24) is 20.5 Å². The highest BCUT2D eigenvalue weighted by molar-refractivity contribution is 7.13. The number of aromatic nitrogens is 1. The van der Waals surface area contributed by atoms with E-state index in [-0.39, 0.29) is 24.1 Å². The van der Waals surface area contributed by atoms with Crippen molar-refractivity contribution in [3.63, 3.8) is 0 Å². The first-order valence-corrected chi connectivity index (χ1v) is 11.2. The van der Waals surface area contributed by atoms with Crippen LogP contribution in [-0.4, -0.2) is 40.2 Å². The Morgan fingerprint density at radius 2 is 2.13 bits per heavy atom. The molecule has 1 unspecified atom stereocenters. The zero-order valence-electron chi connectivity index (χ0n) is 16.4. The second kappa shape index (κ2) is 7.81. The van der Waals surface area contributed by atoms with Crippen LogP contribution in [0, 0.1) is 0 Å². The van der Waals surface area contributed by atoms with Crippen molar-refractivity contribution in [3.05, 3.63) is 46.0 Å². The average Bonchev–Trinajstić information content (AvgIpc) is 3.47. The van der Waals surface area contributed by atoms with Crippen LogP contribution in [-0.2, 0) is 22.7 Å². The molecule has 0 bridgehead atoms. The van der Waals surface area contributed by atoms with E-state index in [1.165, 1.54) is 6.42 Å². The van der Waals surface area contributed by atoms with Gasteiger partial charge in [0.1, 0.15) is 6.04 Å². The molecule has 3 N–H and O–H groups in total. The zero-order chi connectivity index (χ0) is 20.7. The lowest BCUT2D eigenvalue weighted by atomic mass is 10.0. The van der Waals surface area contributed by atoms with Gasteiger partial charge in [-0.3, -0.25) is 19.7 Å². The summed E-state index contributed by atoms with van der Waals surface area (Å²) in [5, 5.41) is 12.1. The van der Waals surface area contributed by atoms with Gasteiger partial charge in [-0.15, -0.1) is 11.3 Å². The van der Waals surface area contributed by atoms with Crippen LogP contribution >= 0.6 is 11.3 Å². The standard InChI is InChI=1S/C21H23N5O3S/c27-18-6-5-17(19(28)25-18)26-10-13-4-3-12(8-14(13)20(26)29)9-23-21-24-16(11-30-21)15-2-1-7-22-15/h3-4,8,11,15,17,22H,1-2,5-7,9-10H2,(H,23,24)(H,25,27,28)/t15-,17?/m0/s1. The molecule has 0 saturated carbocycles. The number of piperidine rings is 1. The van der Waals surface area contributed by atoms with E-state index in [9.17, 15) is 14.4 Å². The average molecular weight is 426 g/mol. The molecule has 2 atom stereocenters. The molecule has 2 fully saturated rings. The number of anilines is 1. The first-order valence-electron chi connectivity index (χ1n) is 10.3. The third-order valence-electron chi connectivity index (χ3n) is 5.98. The van der Waals surface area contributed by atoms with Gasteiger partial charge in [-0.2, -0.15) is 0 Å². The summed E-state index contributed by atoms with van der Waals surface area (Å²) in [5.74, 6) is -0.807. The number of hydrogen-bond acceptors (Lipinski definition) is 7. The molecule has 3 aliphatic rings. The summed E-state index contributed by atoms with van der Waals surface area (Å²) in [6, 6.07) is 5.62. The summed E-state index contributed by atoms with van der Waals surface area (Å²) in [4.78, 5) is 42.7. The van der Waals surface area contributed by atoms with Gasteiger partial charge in [0, 0.05) is 30.5 Å². The van der Waals surface area contributed by atoms with Crippen molar-refractivity contribution in [2.75, 3.05) is 11.9 Å². The van der Waals surface area contributed by atoms with E-state index in [0.717, 1.165) is 34.9 Å². The Morgan fingerprint density at radius 1 is 1.23 bits per heavy atom. The van der Waals surface area contributed by atoms with E-state index < -0.39 is 6.04 Å². The van der Waals surface area contributed by atoms with Gasteiger partial charge < -0.3 is 15.5 Å². The molecule has 3 aliphatic heterocycles. The van der Waals surface area contributed by atoms with Gasteiger partial charge >= 0.3 is 0 Å². The van der Waals surface area contributed by atoms with Crippen LogP contribution in [0.2, 0.25) is 0 Å². The molecule has 0 aliphatic carbocycles. The molecule has 0 radical (unpaired) electrons. The predicted molar refractivity (Wildman–Crippen MR) is 112 cm³/mol. The minimum absolute atomic E-state index is 0.148. The van der Waals surface area contributed by atoms with E-state index in [1.807, 2.05) is 18.2 Å². The maximum absolute atomic E-state index is 12.9. The second-order valence-electron chi connectivity index (χ2n) is 7.97. The maximum Gasteiger partial charge on any atom is 0.255 e. The third kappa shape index (κ3) is 3.59. The van der Waals surface area contributed by atoms with Gasteiger partial charge in [-0.1, -0.05) is 12.1 Å². The number of amides is 3. The smallest absolute Gasteiger partial charge is 0.255 e. The molecule has 4 heterocycles. The Hall–Kier alpha value is -2.78. The van der Waals surface area contributed by atoms with Crippen molar-refractivity contribution in [1.29, 1.82) is 0 Å². The maximum atomic E-state index is 12.9. The summed E-state index contributed by atoms with van der Waals surface area (Å²) in [7, 11) is 0. The van der Waals surface area contributed by atoms with E-state index in [0.29, 0.717) is 31.1 Å². The van der Waals surface area contributed by atoms with E-state index in [1.54, 1.807) is 16.2 Å². The van der Waals surface area contributed by atoms with Gasteiger partial charge in [-0.25, -0.2) is 4.98 Å². The lowest BCUT2D eigenvalue weighted by Gasteiger charge is -2.29. The van der Waals surface area contributed by atoms with Crippen LogP contribution in [0.4, 0.5) is 5.13 Å². The van der Waals surface area contributed by atoms with Crippen molar-refractivity contribution < 1.29 is 14.4 Å². The van der Waals surface area contributed by atoms with Gasteiger partial charge in [0.05, 0.1) is 11.7 Å². The fraction of sp³-hybridized carbons (Fsp3) is 0.429. The van der Waals surface area contributed by atoms with Crippen molar-refractivity contribution in [2.45, 2.75) is 50.9 Å². The Kier molecular flexibility index (Phi) is 5.00. The zero-order valence-corrected chi connectivity index (χ0v) is 17.3. The molecule has 3 amide bonds. The fourth-order valence-corrected chi connectivity index (χ4v) is 5.12. The Bertz CT molecular complexity index is 1010. The molecule has 9 heteroatoms. The number of thiazole rings is 1. The summed E-state index contributed by atoms with van der Waals surface area (Å²) in [6.45, 7) is 2.02. The first kappa shape index (κ1) is 19.2. The van der Waals surface area contributed by atoms with E-state index in [4.69, 9.17) is 0 Å². The number of imide groups is 1. The lowest BCUT2D eigenvalue weighted by Crippen LogP contribution is -2.52. The monoisotopic (exact) mass is 425 g/mol. The highest BCUT2D eigenvalue weighted by Gasteiger charge is 2.39. The molecule has 1 aromatic heterocycles. The summed E-state index contributed by atoms with van der Waals surface area (Å²) >= 11 is 1.59. The second-order valence-corrected chi connectivity index (χ2v) is 8.83. The Balaban J connectivity index is 1.25. The molecule has 1 aromatic carbocycles. The van der Waals surface area contributed by atoms with E-state index >= 15 is 0 Å². The molecule has 156 valence electrons. The molecular formula is C21H23N5O3S. The van der Waals surface area contributed by atoms with Gasteiger partial charge in [0.2, 0.25) is 11.8 Å². The molecule has 0 spiro atoms. The number of nitrogens with one attached hydrogen (secondary N) is 3. The van der Waals surface area contributed by atoms with Crippen molar-refractivity contribution in [3.8, 4) is 0 Å². The highest BCUT2D eigenvalue weighted by Crippen LogP contribution is 2.29. The number of benzene rings is 1. The van der Waals surface area contributed by atoms with E-state index in [2.05, 4.69) is 26.3 Å². The topological polar surface area (TPSA) is 103 Å². The normalized spacial score (nSPS) is 23.6. The number of rotatable bonds is 5. The fourth-order valence-electron chi connectivity index (χ4n) is 4.35. The Morgan fingerprint density at radius 3 is 2.93 bits per heavy atom. The molecule has 2 saturated heterocycles. The first-order chi connectivity index (χ1) is 14.6. The minimum atomic E-state index is -0.581. The minimum Gasteiger partial charge on any atom is -0.357 e. The number of hydrogen-bond donors (Lipinski definition) is 3. The van der Waals surface area contributed by atoms with Crippen LogP contribution in [0.15, 0.2) is 23.6 Å². The number of carbonyl (C=O) groups excluding carboxylic acids is 3. The molecular weight excluding hydrogens is 402 g/mol. The number of fused-ring (bicyclic) bond motifs is 1. The van der Waals surface area contributed by atoms with Crippen LogP contribution in [0.25, 0.3) is 0 Å². The van der Waals surface area contributed by atoms with Crippen LogP contribution in [0.3, 0.4) is 0 Å². The summed E-state index contributed by atoms with van der Waals surface area (Å²) < 4.78 is 0. The van der Waals surface area contributed by atoms with Crippen LogP contribution in [0.1, 0.15) is 58.9 Å². The predicted octanol–water partition coefficient (Wildman–Crippen LogP) is 1.94. The molecule has 8 nitrogen and oxygen atoms in total. The lowest BCUT2D eigenvalue weighted by molar-refractivity contribution is -0.136. The van der Waals surface area contributed by atoms with Gasteiger partial charge in [-0.05, 0) is 43.0 Å². The van der Waals surface area contributed by atoms with Crippen LogP contribution in [0.5, 0.6) is 0 Å². The Labute approximate surface area is 178 Å². The molecule has 2 aromatic rings. The summed E-state index contributed by atoms with van der Waals surface area (Å²) in [5.41, 5.74) is 3.62. The quantitative estimate of drug-likeness (QED) is 0.633. The summed E-state index contributed by atoms with van der Waals surface area (Å²) in [6.07, 6.45) is 2.95. The SMILES string of the molecule is O=C1CCC(N2Cc3ccc(CNc4nc([C@@H]5CCCN5)cs4)cc3C2=O)C(=O)N1. The van der Waals surface area contributed by atoms with Crippen molar-refractivity contribution in [2.24, 2.45) is 0 Å². The molecule has 5 rings (SSSR count). The van der Waals surface area contributed by atoms with Gasteiger partial charge in [0.15, 0.2) is 5.13 Å². The largest absolute Gasteiger partial charge is 0.357 e. The highest BCUT2D eigenvalue weighted by atomic mass is 32.1. The van der Waals surface area contributed by atoms with Crippen molar-refractivity contribution >= 4 is 34.2 Å². The molecule has 30 heavy (non-hydrogen) atoms. The number of nitrogens with zero attached hydrogens (tertiary/aromatic N) is 2. The van der Waals surface area contributed by atoms with Gasteiger partial charge in [0.25, 0.3) is 5.91 Å². The van der Waals surface area contributed by atoms with Crippen LogP contribution < -0.4 is 16.0 Å².